The number of halogens is 1. The number of aliphatic hydroxyl groups excluding tert-OH is 1. The Morgan fingerprint density at radius 3 is 2.52 bits per heavy atom. The Morgan fingerprint density at radius 1 is 1.04 bits per heavy atom. The molecule has 5 heteroatoms. The molecule has 0 aliphatic carbocycles. The van der Waals surface area contributed by atoms with Crippen molar-refractivity contribution in [1.82, 2.24) is 4.90 Å². The lowest BCUT2D eigenvalue weighted by Gasteiger charge is -2.33. The van der Waals surface area contributed by atoms with Crippen LogP contribution in [0.5, 0.6) is 0 Å². The predicted octanol–water partition coefficient (Wildman–Crippen LogP) is 3.54. The lowest BCUT2D eigenvalue weighted by molar-refractivity contribution is -0.0389. The molecule has 1 aliphatic heterocycles. The SMILES string of the molecule is CN(C)CCN1c2cccc(Br)c2C(O)(c2ccc3ccccc3c2)C1O. The van der Waals surface area contributed by atoms with Crippen molar-refractivity contribution in [3.63, 3.8) is 0 Å². The molecule has 0 amide bonds. The van der Waals surface area contributed by atoms with E-state index in [2.05, 4.69) is 20.8 Å². The molecule has 0 spiro atoms. The molecule has 1 heterocycles. The summed E-state index contributed by atoms with van der Waals surface area (Å²) in [4.78, 5) is 3.95. The van der Waals surface area contributed by atoms with Crippen LogP contribution in [0.25, 0.3) is 10.8 Å². The van der Waals surface area contributed by atoms with Crippen LogP contribution >= 0.6 is 15.9 Å². The van der Waals surface area contributed by atoms with Crippen molar-refractivity contribution >= 4 is 32.4 Å². The maximum atomic E-state index is 11.8. The second-order valence-electron chi connectivity index (χ2n) is 7.33. The largest absolute Gasteiger partial charge is 0.375 e. The zero-order valence-electron chi connectivity index (χ0n) is 15.4. The fraction of sp³-hybridized carbons (Fsp3) is 0.273. The van der Waals surface area contributed by atoms with Crippen LogP contribution in [0.15, 0.2) is 65.1 Å². The zero-order valence-corrected chi connectivity index (χ0v) is 17.0. The van der Waals surface area contributed by atoms with Crippen LogP contribution in [0.4, 0.5) is 5.69 Å². The molecule has 27 heavy (non-hydrogen) atoms. The Morgan fingerprint density at radius 2 is 1.78 bits per heavy atom. The highest BCUT2D eigenvalue weighted by atomic mass is 79.9. The van der Waals surface area contributed by atoms with Crippen molar-refractivity contribution < 1.29 is 10.2 Å². The Hall–Kier alpha value is -1.92. The Bertz CT molecular complexity index is 991. The van der Waals surface area contributed by atoms with Gasteiger partial charge in [0.2, 0.25) is 0 Å². The Kier molecular flexibility index (Phi) is 4.72. The van der Waals surface area contributed by atoms with Gasteiger partial charge < -0.3 is 20.0 Å². The molecule has 140 valence electrons. The smallest absolute Gasteiger partial charge is 0.164 e. The van der Waals surface area contributed by atoms with Gasteiger partial charge in [0.05, 0.1) is 0 Å². The van der Waals surface area contributed by atoms with Gasteiger partial charge in [0.1, 0.15) is 0 Å². The maximum Gasteiger partial charge on any atom is 0.164 e. The highest BCUT2D eigenvalue weighted by Gasteiger charge is 2.51. The molecular weight excluding hydrogens is 404 g/mol. The Labute approximate surface area is 167 Å². The molecule has 0 saturated carbocycles. The summed E-state index contributed by atoms with van der Waals surface area (Å²) in [6.07, 6.45) is -1.06. The Balaban J connectivity index is 1.87. The molecule has 0 radical (unpaired) electrons. The quantitative estimate of drug-likeness (QED) is 0.669. The van der Waals surface area contributed by atoms with E-state index in [4.69, 9.17) is 0 Å². The summed E-state index contributed by atoms with van der Waals surface area (Å²) in [6.45, 7) is 1.39. The van der Waals surface area contributed by atoms with Crippen LogP contribution in [-0.4, -0.2) is 48.5 Å². The van der Waals surface area contributed by atoms with Gasteiger partial charge in [0.15, 0.2) is 11.8 Å². The third-order valence-electron chi connectivity index (χ3n) is 5.33. The monoisotopic (exact) mass is 426 g/mol. The number of benzene rings is 3. The van der Waals surface area contributed by atoms with E-state index in [-0.39, 0.29) is 0 Å². The lowest BCUT2D eigenvalue weighted by atomic mass is 9.85. The predicted molar refractivity (Wildman–Crippen MR) is 113 cm³/mol. The van der Waals surface area contributed by atoms with Crippen LogP contribution in [0.1, 0.15) is 11.1 Å². The average Bonchev–Trinajstić information content (AvgIpc) is 2.89. The number of hydrogen-bond acceptors (Lipinski definition) is 4. The van der Waals surface area contributed by atoms with Gasteiger partial charge in [0, 0.05) is 28.8 Å². The van der Waals surface area contributed by atoms with Gasteiger partial charge in [-0.2, -0.15) is 0 Å². The van der Waals surface area contributed by atoms with E-state index in [1.165, 1.54) is 0 Å². The molecule has 2 atom stereocenters. The highest BCUT2D eigenvalue weighted by Crippen LogP contribution is 2.50. The minimum atomic E-state index is -1.51. The first-order valence-corrected chi connectivity index (χ1v) is 9.82. The molecular formula is C22H23BrN2O2. The summed E-state index contributed by atoms with van der Waals surface area (Å²) in [5.74, 6) is 0. The fourth-order valence-electron chi connectivity index (χ4n) is 3.89. The van der Waals surface area contributed by atoms with Crippen LogP contribution in [0.2, 0.25) is 0 Å². The van der Waals surface area contributed by atoms with Gasteiger partial charge in [-0.05, 0) is 48.6 Å². The van der Waals surface area contributed by atoms with Gasteiger partial charge >= 0.3 is 0 Å². The third-order valence-corrected chi connectivity index (χ3v) is 5.99. The summed E-state index contributed by atoms with van der Waals surface area (Å²) >= 11 is 3.60. The molecule has 2 N–H and O–H groups in total. The van der Waals surface area contributed by atoms with Crippen molar-refractivity contribution in [1.29, 1.82) is 0 Å². The van der Waals surface area contributed by atoms with E-state index in [1.54, 1.807) is 0 Å². The summed E-state index contributed by atoms with van der Waals surface area (Å²) in [5.41, 5.74) is 0.751. The molecule has 0 bridgehead atoms. The van der Waals surface area contributed by atoms with Gasteiger partial charge in [-0.25, -0.2) is 0 Å². The van der Waals surface area contributed by atoms with E-state index in [1.807, 2.05) is 79.7 Å². The van der Waals surface area contributed by atoms with Crippen LogP contribution in [-0.2, 0) is 5.60 Å². The van der Waals surface area contributed by atoms with E-state index in [0.717, 1.165) is 27.5 Å². The molecule has 3 aromatic carbocycles. The van der Waals surface area contributed by atoms with Crippen molar-refractivity contribution in [2.75, 3.05) is 32.1 Å². The van der Waals surface area contributed by atoms with Gasteiger partial charge in [-0.3, -0.25) is 0 Å². The van der Waals surface area contributed by atoms with Crippen LogP contribution < -0.4 is 4.90 Å². The van der Waals surface area contributed by atoms with Crippen molar-refractivity contribution in [3.8, 4) is 0 Å². The minimum absolute atomic E-state index is 0.619. The second-order valence-corrected chi connectivity index (χ2v) is 8.19. The molecule has 0 fully saturated rings. The molecule has 0 aromatic heterocycles. The first kappa shape index (κ1) is 18.4. The minimum Gasteiger partial charge on any atom is -0.375 e. The number of rotatable bonds is 4. The van der Waals surface area contributed by atoms with Gasteiger partial charge in [-0.15, -0.1) is 0 Å². The molecule has 0 saturated heterocycles. The lowest BCUT2D eigenvalue weighted by Crippen LogP contribution is -2.47. The number of hydrogen-bond donors (Lipinski definition) is 2. The molecule has 4 rings (SSSR count). The zero-order chi connectivity index (χ0) is 19.2. The van der Waals surface area contributed by atoms with E-state index in [9.17, 15) is 10.2 Å². The summed E-state index contributed by atoms with van der Waals surface area (Å²) < 4.78 is 0.794. The fourth-order valence-corrected chi connectivity index (χ4v) is 4.54. The first-order valence-electron chi connectivity index (χ1n) is 9.03. The standard InChI is InChI=1S/C22H23BrN2O2/c1-24(2)12-13-25-19-9-5-8-18(23)20(19)22(27,21(25)26)17-11-10-15-6-3-4-7-16(15)14-17/h3-11,14,21,26-27H,12-13H2,1-2H3. The second kappa shape index (κ2) is 6.91. The van der Waals surface area contributed by atoms with E-state index < -0.39 is 11.8 Å². The van der Waals surface area contributed by atoms with Crippen LogP contribution in [0.3, 0.4) is 0 Å². The van der Waals surface area contributed by atoms with Gasteiger partial charge in [0.25, 0.3) is 0 Å². The van der Waals surface area contributed by atoms with E-state index >= 15 is 0 Å². The number of nitrogens with zero attached hydrogens (tertiary/aromatic N) is 2. The molecule has 1 aliphatic rings. The van der Waals surface area contributed by atoms with Crippen molar-refractivity contribution in [3.05, 3.63) is 76.3 Å². The highest BCUT2D eigenvalue weighted by molar-refractivity contribution is 9.10. The van der Waals surface area contributed by atoms with Crippen molar-refractivity contribution in [2.24, 2.45) is 0 Å². The summed E-state index contributed by atoms with van der Waals surface area (Å²) in [7, 11) is 4.00. The maximum absolute atomic E-state index is 11.8. The van der Waals surface area contributed by atoms with Crippen LogP contribution in [0, 0.1) is 0 Å². The summed E-state index contributed by atoms with van der Waals surface area (Å²) in [6, 6.07) is 19.7. The third kappa shape index (κ3) is 2.95. The number of anilines is 1. The number of aliphatic hydroxyl groups is 2. The molecule has 3 aromatic rings. The first-order chi connectivity index (χ1) is 12.9. The molecule has 4 nitrogen and oxygen atoms in total. The summed E-state index contributed by atoms with van der Waals surface area (Å²) in [5, 5.41) is 25.2. The number of likely N-dealkylation sites (N-methyl/N-ethyl adjacent to an activating group) is 1. The number of fused-ring (bicyclic) bond motifs is 2. The van der Waals surface area contributed by atoms with Crippen molar-refractivity contribution in [2.45, 2.75) is 11.8 Å². The molecule has 2 unspecified atom stereocenters. The van der Waals surface area contributed by atoms with Gasteiger partial charge in [-0.1, -0.05) is 58.4 Å². The average molecular weight is 427 g/mol. The normalized spacial score (nSPS) is 21.9. The van der Waals surface area contributed by atoms with E-state index in [0.29, 0.717) is 17.7 Å². The topological polar surface area (TPSA) is 46.9 Å².